The second kappa shape index (κ2) is 8.50. The molecular weight excluding hydrogens is 244 g/mol. The molecule has 1 fully saturated rings. The summed E-state index contributed by atoms with van der Waals surface area (Å²) >= 11 is 0. The standard InChI is InChI=1S/C9H10O3.C5H12N2/c1-7(9(10)11)12-8-5-3-2-4-6-8;1-5-4-6-2-3-7-5/h2-7H,1H3,(H,10,11);5-7H,2-4H2,1H3. The summed E-state index contributed by atoms with van der Waals surface area (Å²) < 4.78 is 5.08. The number of hydrogen-bond acceptors (Lipinski definition) is 4. The van der Waals surface area contributed by atoms with Crippen molar-refractivity contribution < 1.29 is 14.6 Å². The highest BCUT2D eigenvalue weighted by atomic mass is 16.5. The van der Waals surface area contributed by atoms with Crippen LogP contribution in [-0.4, -0.2) is 42.9 Å². The van der Waals surface area contributed by atoms with Gasteiger partial charge in [0.2, 0.25) is 0 Å². The average Bonchev–Trinajstić information content (AvgIpc) is 2.41. The van der Waals surface area contributed by atoms with Gasteiger partial charge in [-0.25, -0.2) is 4.79 Å². The van der Waals surface area contributed by atoms with Gasteiger partial charge in [0, 0.05) is 25.7 Å². The van der Waals surface area contributed by atoms with E-state index in [9.17, 15) is 4.79 Å². The molecule has 0 amide bonds. The molecule has 1 saturated heterocycles. The van der Waals surface area contributed by atoms with Crippen LogP contribution in [0, 0.1) is 0 Å². The first kappa shape index (κ1) is 15.5. The zero-order valence-corrected chi connectivity index (χ0v) is 11.4. The Hall–Kier alpha value is -1.59. The number of carboxylic acids is 1. The second-order valence-corrected chi connectivity index (χ2v) is 4.47. The van der Waals surface area contributed by atoms with Crippen molar-refractivity contribution in [2.75, 3.05) is 19.6 Å². The average molecular weight is 266 g/mol. The van der Waals surface area contributed by atoms with Gasteiger partial charge in [0.05, 0.1) is 0 Å². The number of carbonyl (C=O) groups is 1. The molecule has 3 N–H and O–H groups in total. The van der Waals surface area contributed by atoms with E-state index in [2.05, 4.69) is 17.6 Å². The molecule has 0 radical (unpaired) electrons. The summed E-state index contributed by atoms with van der Waals surface area (Å²) in [5, 5.41) is 15.1. The van der Waals surface area contributed by atoms with Crippen LogP contribution in [0.2, 0.25) is 0 Å². The van der Waals surface area contributed by atoms with E-state index in [1.165, 1.54) is 6.92 Å². The maximum Gasteiger partial charge on any atom is 0.344 e. The summed E-state index contributed by atoms with van der Waals surface area (Å²) in [5.41, 5.74) is 0. The number of rotatable bonds is 3. The minimum absolute atomic E-state index is 0.576. The highest BCUT2D eigenvalue weighted by Crippen LogP contribution is 2.10. The Morgan fingerprint density at radius 2 is 2.05 bits per heavy atom. The smallest absolute Gasteiger partial charge is 0.344 e. The molecule has 106 valence electrons. The van der Waals surface area contributed by atoms with E-state index in [0.717, 1.165) is 19.6 Å². The van der Waals surface area contributed by atoms with Crippen molar-refractivity contribution in [3.8, 4) is 5.75 Å². The number of aliphatic carboxylic acids is 1. The van der Waals surface area contributed by atoms with Gasteiger partial charge in [0.25, 0.3) is 0 Å². The van der Waals surface area contributed by atoms with E-state index in [1.54, 1.807) is 24.3 Å². The van der Waals surface area contributed by atoms with Crippen LogP contribution < -0.4 is 15.4 Å². The van der Waals surface area contributed by atoms with Crippen LogP contribution in [0.5, 0.6) is 5.75 Å². The molecule has 1 aromatic rings. The van der Waals surface area contributed by atoms with Crippen LogP contribution in [0.15, 0.2) is 30.3 Å². The first-order valence-electron chi connectivity index (χ1n) is 6.48. The quantitative estimate of drug-likeness (QED) is 0.764. The van der Waals surface area contributed by atoms with Gasteiger partial charge in [-0.1, -0.05) is 18.2 Å². The van der Waals surface area contributed by atoms with Gasteiger partial charge in [-0.05, 0) is 26.0 Å². The molecule has 5 nitrogen and oxygen atoms in total. The van der Waals surface area contributed by atoms with Crippen molar-refractivity contribution in [3.05, 3.63) is 30.3 Å². The molecule has 0 aliphatic carbocycles. The molecule has 2 unspecified atom stereocenters. The van der Waals surface area contributed by atoms with Gasteiger partial charge in [-0.15, -0.1) is 0 Å². The summed E-state index contributed by atoms with van der Waals surface area (Å²) in [6, 6.07) is 9.55. The lowest BCUT2D eigenvalue weighted by atomic mass is 10.3. The summed E-state index contributed by atoms with van der Waals surface area (Å²) in [4.78, 5) is 10.4. The molecule has 2 atom stereocenters. The third-order valence-corrected chi connectivity index (χ3v) is 2.65. The van der Waals surface area contributed by atoms with Crippen LogP contribution in [0.25, 0.3) is 0 Å². The van der Waals surface area contributed by atoms with Crippen molar-refractivity contribution in [2.45, 2.75) is 26.0 Å². The Labute approximate surface area is 114 Å². The molecule has 2 rings (SSSR count). The minimum atomic E-state index is -0.959. The van der Waals surface area contributed by atoms with Gasteiger partial charge >= 0.3 is 5.97 Å². The van der Waals surface area contributed by atoms with E-state index in [-0.39, 0.29) is 0 Å². The molecule has 5 heteroatoms. The van der Waals surface area contributed by atoms with E-state index >= 15 is 0 Å². The Morgan fingerprint density at radius 1 is 1.37 bits per heavy atom. The van der Waals surface area contributed by atoms with Crippen molar-refractivity contribution in [1.29, 1.82) is 0 Å². The molecule has 0 spiro atoms. The van der Waals surface area contributed by atoms with Crippen LogP contribution in [0.3, 0.4) is 0 Å². The fraction of sp³-hybridized carbons (Fsp3) is 0.500. The van der Waals surface area contributed by atoms with Crippen molar-refractivity contribution in [2.24, 2.45) is 0 Å². The van der Waals surface area contributed by atoms with Crippen LogP contribution in [-0.2, 0) is 4.79 Å². The highest BCUT2D eigenvalue weighted by molar-refractivity contribution is 5.72. The predicted molar refractivity (Wildman–Crippen MR) is 74.5 cm³/mol. The van der Waals surface area contributed by atoms with Crippen molar-refractivity contribution >= 4 is 5.97 Å². The van der Waals surface area contributed by atoms with E-state index in [1.807, 2.05) is 6.07 Å². The summed E-state index contributed by atoms with van der Waals surface area (Å²) in [5.74, 6) is -0.383. The number of piperazine rings is 1. The Kier molecular flexibility index (Phi) is 6.92. The largest absolute Gasteiger partial charge is 0.479 e. The highest BCUT2D eigenvalue weighted by Gasteiger charge is 2.11. The molecular formula is C14H22N2O3. The van der Waals surface area contributed by atoms with Gasteiger partial charge in [0.15, 0.2) is 6.10 Å². The normalized spacial score (nSPS) is 19.8. The number of nitrogens with one attached hydrogen (secondary N) is 2. The Morgan fingerprint density at radius 3 is 2.47 bits per heavy atom. The summed E-state index contributed by atoms with van der Waals surface area (Å²) in [6.45, 7) is 7.06. The maximum atomic E-state index is 10.4. The van der Waals surface area contributed by atoms with E-state index in [4.69, 9.17) is 9.84 Å². The first-order valence-corrected chi connectivity index (χ1v) is 6.48. The van der Waals surface area contributed by atoms with Crippen LogP contribution in [0.1, 0.15) is 13.8 Å². The molecule has 1 heterocycles. The topological polar surface area (TPSA) is 70.6 Å². The number of hydrogen-bond donors (Lipinski definition) is 3. The predicted octanol–water partition coefficient (Wildman–Crippen LogP) is 1.11. The fourth-order valence-corrected chi connectivity index (χ4v) is 1.55. The lowest BCUT2D eigenvalue weighted by Crippen LogP contribution is -2.46. The number of ether oxygens (including phenoxy) is 1. The molecule has 1 aromatic carbocycles. The van der Waals surface area contributed by atoms with Crippen LogP contribution >= 0.6 is 0 Å². The zero-order valence-electron chi connectivity index (χ0n) is 11.4. The zero-order chi connectivity index (χ0) is 14.1. The van der Waals surface area contributed by atoms with Gasteiger partial charge in [-0.3, -0.25) is 0 Å². The Balaban J connectivity index is 0.000000218. The van der Waals surface area contributed by atoms with Gasteiger partial charge in [0.1, 0.15) is 5.75 Å². The third kappa shape index (κ3) is 6.79. The van der Waals surface area contributed by atoms with Gasteiger partial charge < -0.3 is 20.5 Å². The summed E-state index contributed by atoms with van der Waals surface area (Å²) in [7, 11) is 0. The van der Waals surface area contributed by atoms with Crippen LogP contribution in [0.4, 0.5) is 0 Å². The molecule has 1 aliphatic rings. The first-order chi connectivity index (χ1) is 9.09. The number of carboxylic acid groups (broad SMARTS) is 1. The fourth-order valence-electron chi connectivity index (χ4n) is 1.55. The van der Waals surface area contributed by atoms with Gasteiger partial charge in [-0.2, -0.15) is 0 Å². The monoisotopic (exact) mass is 266 g/mol. The minimum Gasteiger partial charge on any atom is -0.479 e. The third-order valence-electron chi connectivity index (χ3n) is 2.65. The molecule has 0 saturated carbocycles. The van der Waals surface area contributed by atoms with Crippen molar-refractivity contribution in [3.63, 3.8) is 0 Å². The Bertz CT molecular complexity index is 364. The lowest BCUT2D eigenvalue weighted by molar-refractivity contribution is -0.144. The van der Waals surface area contributed by atoms with Crippen molar-refractivity contribution in [1.82, 2.24) is 10.6 Å². The SMILES string of the molecule is CC(Oc1ccccc1)C(=O)O.CC1CNCCN1. The summed E-state index contributed by atoms with van der Waals surface area (Å²) in [6.07, 6.45) is -0.799. The molecule has 1 aliphatic heterocycles. The lowest BCUT2D eigenvalue weighted by Gasteiger charge is -2.19. The molecule has 0 aromatic heterocycles. The number of benzene rings is 1. The van der Waals surface area contributed by atoms with E-state index < -0.39 is 12.1 Å². The van der Waals surface area contributed by atoms with E-state index in [0.29, 0.717) is 11.8 Å². The molecule has 0 bridgehead atoms. The maximum absolute atomic E-state index is 10.4. The second-order valence-electron chi connectivity index (χ2n) is 4.47. The molecule has 19 heavy (non-hydrogen) atoms. The number of para-hydroxylation sites is 1.